The minimum Gasteiger partial charge on any atom is -0.385 e. The van der Waals surface area contributed by atoms with Crippen LogP contribution in [0.15, 0.2) is 18.2 Å². The smallest absolute Gasteiger partial charge is 0.229 e. The van der Waals surface area contributed by atoms with Gasteiger partial charge < -0.3 is 5.32 Å². The predicted octanol–water partition coefficient (Wildman–Crippen LogP) is 3.44. The molecule has 4 nitrogen and oxygen atoms in total. The molecule has 0 unspecified atom stereocenters. The molecule has 0 spiro atoms. The Kier molecular flexibility index (Phi) is 5.08. The second-order valence-corrected chi connectivity index (χ2v) is 7.82. The maximum absolute atomic E-state index is 13.6. The van der Waals surface area contributed by atoms with Crippen LogP contribution in [-0.2, 0) is 10.0 Å². The summed E-state index contributed by atoms with van der Waals surface area (Å²) in [6.45, 7) is 3.13. The van der Waals surface area contributed by atoms with Crippen molar-refractivity contribution < 1.29 is 12.8 Å². The molecular weight excluding hydrogens is 291 g/mol. The largest absolute Gasteiger partial charge is 0.385 e. The zero-order valence-electron chi connectivity index (χ0n) is 12.5. The van der Waals surface area contributed by atoms with Crippen LogP contribution in [0.5, 0.6) is 0 Å². The average Bonchev–Trinajstić information content (AvgIpc) is 2.40. The van der Waals surface area contributed by atoms with E-state index in [1.165, 1.54) is 37.8 Å². The van der Waals surface area contributed by atoms with Crippen molar-refractivity contribution >= 4 is 21.4 Å². The van der Waals surface area contributed by atoms with Crippen molar-refractivity contribution in [2.24, 2.45) is 11.8 Å². The van der Waals surface area contributed by atoms with E-state index < -0.39 is 15.8 Å². The Morgan fingerprint density at radius 3 is 2.52 bits per heavy atom. The molecule has 0 atom stereocenters. The molecule has 2 N–H and O–H groups in total. The van der Waals surface area contributed by atoms with Gasteiger partial charge >= 0.3 is 0 Å². The molecule has 0 heterocycles. The number of anilines is 2. The van der Waals surface area contributed by atoms with E-state index in [1.807, 2.05) is 0 Å². The third-order valence-electron chi connectivity index (χ3n) is 3.99. The van der Waals surface area contributed by atoms with Gasteiger partial charge in [-0.15, -0.1) is 0 Å². The van der Waals surface area contributed by atoms with Crippen molar-refractivity contribution in [2.75, 3.05) is 22.8 Å². The monoisotopic (exact) mass is 314 g/mol. The molecule has 0 aliphatic heterocycles. The van der Waals surface area contributed by atoms with Crippen molar-refractivity contribution in [3.8, 4) is 0 Å². The van der Waals surface area contributed by atoms with E-state index in [0.717, 1.165) is 24.4 Å². The third kappa shape index (κ3) is 5.19. The number of sulfonamides is 1. The van der Waals surface area contributed by atoms with E-state index in [1.54, 1.807) is 6.07 Å². The summed E-state index contributed by atoms with van der Waals surface area (Å²) in [5.41, 5.74) is 0.723. The Morgan fingerprint density at radius 1 is 1.24 bits per heavy atom. The van der Waals surface area contributed by atoms with Crippen LogP contribution in [0.3, 0.4) is 0 Å². The van der Waals surface area contributed by atoms with E-state index in [4.69, 9.17) is 0 Å². The quantitative estimate of drug-likeness (QED) is 0.875. The summed E-state index contributed by atoms with van der Waals surface area (Å²) in [7, 11) is -3.48. The highest BCUT2D eigenvalue weighted by Crippen LogP contribution is 2.29. The molecule has 1 aliphatic rings. The molecule has 21 heavy (non-hydrogen) atoms. The van der Waals surface area contributed by atoms with E-state index in [2.05, 4.69) is 17.0 Å². The van der Waals surface area contributed by atoms with Crippen molar-refractivity contribution in [1.82, 2.24) is 0 Å². The second-order valence-electron chi connectivity index (χ2n) is 6.08. The Bertz CT molecular complexity index is 581. The van der Waals surface area contributed by atoms with E-state index in [9.17, 15) is 12.8 Å². The minimum atomic E-state index is -3.48. The van der Waals surface area contributed by atoms with Crippen LogP contribution < -0.4 is 10.0 Å². The number of halogens is 1. The Balaban J connectivity index is 1.96. The Labute approximate surface area is 126 Å². The topological polar surface area (TPSA) is 58.2 Å². The third-order valence-corrected chi connectivity index (χ3v) is 4.58. The standard InChI is InChI=1S/C15H23FN2O2S/c1-11-3-5-12(6-4-11)10-17-13-7-8-14(16)15(9-13)18-21(2,19)20/h7-9,11-12,17-18H,3-6,10H2,1-2H3. The molecule has 118 valence electrons. The number of benzene rings is 1. The lowest BCUT2D eigenvalue weighted by molar-refractivity contribution is 0.300. The van der Waals surface area contributed by atoms with Crippen LogP contribution in [-0.4, -0.2) is 21.2 Å². The molecule has 6 heteroatoms. The molecular formula is C15H23FN2O2S. The van der Waals surface area contributed by atoms with Crippen LogP contribution in [0.2, 0.25) is 0 Å². The van der Waals surface area contributed by atoms with Gasteiger partial charge in [-0.2, -0.15) is 0 Å². The van der Waals surface area contributed by atoms with Crippen molar-refractivity contribution in [3.05, 3.63) is 24.0 Å². The van der Waals surface area contributed by atoms with Crippen LogP contribution >= 0.6 is 0 Å². The predicted molar refractivity (Wildman–Crippen MR) is 84.5 cm³/mol. The summed E-state index contributed by atoms with van der Waals surface area (Å²) in [5.74, 6) is 0.882. The Hall–Kier alpha value is -1.30. The molecule has 0 amide bonds. The van der Waals surface area contributed by atoms with E-state index >= 15 is 0 Å². The first kappa shape index (κ1) is 16.1. The maximum atomic E-state index is 13.6. The molecule has 0 aromatic heterocycles. The normalized spacial score (nSPS) is 22.8. The molecule has 1 aromatic carbocycles. The summed E-state index contributed by atoms with van der Waals surface area (Å²) in [4.78, 5) is 0. The summed E-state index contributed by atoms with van der Waals surface area (Å²) < 4.78 is 38.2. The molecule has 0 radical (unpaired) electrons. The first-order chi connectivity index (χ1) is 9.83. The van der Waals surface area contributed by atoms with Crippen LogP contribution in [0.4, 0.5) is 15.8 Å². The van der Waals surface area contributed by atoms with Gasteiger partial charge in [0.05, 0.1) is 11.9 Å². The van der Waals surface area contributed by atoms with Gasteiger partial charge in [-0.25, -0.2) is 12.8 Å². The minimum absolute atomic E-state index is 0.0141. The van der Waals surface area contributed by atoms with Gasteiger partial charge in [-0.1, -0.05) is 19.8 Å². The molecule has 0 saturated heterocycles. The summed E-state index contributed by atoms with van der Waals surface area (Å²) in [6.07, 6.45) is 5.96. The molecule has 1 aliphatic carbocycles. The fraction of sp³-hybridized carbons (Fsp3) is 0.600. The zero-order chi connectivity index (χ0) is 15.5. The highest BCUT2D eigenvalue weighted by atomic mass is 32.2. The highest BCUT2D eigenvalue weighted by Gasteiger charge is 2.18. The van der Waals surface area contributed by atoms with Gasteiger partial charge in [0.15, 0.2) is 0 Å². The van der Waals surface area contributed by atoms with Gasteiger partial charge in [-0.05, 0) is 42.9 Å². The summed E-state index contributed by atoms with van der Waals surface area (Å²) in [5, 5.41) is 3.28. The maximum Gasteiger partial charge on any atom is 0.229 e. The number of nitrogens with one attached hydrogen (secondary N) is 2. The van der Waals surface area contributed by atoms with Crippen molar-refractivity contribution in [1.29, 1.82) is 0 Å². The van der Waals surface area contributed by atoms with Crippen LogP contribution in [0.1, 0.15) is 32.6 Å². The Morgan fingerprint density at radius 2 is 1.90 bits per heavy atom. The fourth-order valence-corrected chi connectivity index (χ4v) is 3.26. The summed E-state index contributed by atoms with van der Waals surface area (Å²) in [6, 6.07) is 4.41. The molecule has 0 bridgehead atoms. The molecule has 1 fully saturated rings. The number of rotatable bonds is 5. The fourth-order valence-electron chi connectivity index (χ4n) is 2.71. The second kappa shape index (κ2) is 6.64. The summed E-state index contributed by atoms with van der Waals surface area (Å²) >= 11 is 0. The van der Waals surface area contributed by atoms with E-state index in [0.29, 0.717) is 5.92 Å². The van der Waals surface area contributed by atoms with Crippen LogP contribution in [0.25, 0.3) is 0 Å². The lowest BCUT2D eigenvalue weighted by atomic mass is 9.83. The van der Waals surface area contributed by atoms with Gasteiger partial charge in [0, 0.05) is 12.2 Å². The molecule has 1 aromatic rings. The highest BCUT2D eigenvalue weighted by molar-refractivity contribution is 7.92. The number of hydrogen-bond acceptors (Lipinski definition) is 3. The van der Waals surface area contributed by atoms with Gasteiger partial charge in [0.1, 0.15) is 5.82 Å². The number of hydrogen-bond donors (Lipinski definition) is 2. The lowest BCUT2D eigenvalue weighted by Crippen LogP contribution is -2.20. The first-order valence-electron chi connectivity index (χ1n) is 7.34. The van der Waals surface area contributed by atoms with E-state index in [-0.39, 0.29) is 5.69 Å². The lowest BCUT2D eigenvalue weighted by Gasteiger charge is -2.26. The molecule has 1 saturated carbocycles. The van der Waals surface area contributed by atoms with Gasteiger partial charge in [-0.3, -0.25) is 4.72 Å². The van der Waals surface area contributed by atoms with Gasteiger partial charge in [0.25, 0.3) is 0 Å². The van der Waals surface area contributed by atoms with Crippen LogP contribution in [0, 0.1) is 17.7 Å². The SMILES string of the molecule is CC1CCC(CNc2ccc(F)c(NS(C)(=O)=O)c2)CC1. The van der Waals surface area contributed by atoms with Crippen molar-refractivity contribution in [3.63, 3.8) is 0 Å². The molecule has 2 rings (SSSR count). The first-order valence-corrected chi connectivity index (χ1v) is 9.24. The van der Waals surface area contributed by atoms with Crippen molar-refractivity contribution in [2.45, 2.75) is 32.6 Å². The average molecular weight is 314 g/mol. The van der Waals surface area contributed by atoms with Gasteiger partial charge in [0.2, 0.25) is 10.0 Å². The zero-order valence-corrected chi connectivity index (χ0v) is 13.3.